The fourth-order valence-corrected chi connectivity index (χ4v) is 2.98. The zero-order valence-electron chi connectivity index (χ0n) is 10.9. The van der Waals surface area contributed by atoms with E-state index >= 15 is 0 Å². The van der Waals surface area contributed by atoms with Gasteiger partial charge in [0.2, 0.25) is 0 Å². The highest BCUT2D eigenvalue weighted by Gasteiger charge is 2.27. The van der Waals surface area contributed by atoms with Crippen LogP contribution in [0.1, 0.15) is 55.5 Å². The molecule has 0 fully saturated rings. The number of Topliss-reactive ketones (excluding diaryl/α,β-unsaturated/α-hetero) is 1. The highest BCUT2D eigenvalue weighted by atomic mass is 16.1. The van der Waals surface area contributed by atoms with Gasteiger partial charge in [-0.05, 0) is 30.7 Å². The third kappa shape index (κ3) is 2.77. The molecule has 1 nitrogen and oxygen atoms in total. The summed E-state index contributed by atoms with van der Waals surface area (Å²) in [5, 5.41) is 0. The zero-order chi connectivity index (χ0) is 12.3. The maximum absolute atomic E-state index is 12.4. The van der Waals surface area contributed by atoms with Gasteiger partial charge in [-0.15, -0.1) is 0 Å². The molecule has 1 aliphatic carbocycles. The van der Waals surface area contributed by atoms with E-state index in [0.29, 0.717) is 11.7 Å². The maximum atomic E-state index is 12.4. The van der Waals surface area contributed by atoms with Crippen LogP contribution < -0.4 is 0 Å². The number of hydrogen-bond donors (Lipinski definition) is 0. The third-order valence-electron chi connectivity index (χ3n) is 3.88. The lowest BCUT2D eigenvalue weighted by Crippen LogP contribution is -2.24. The van der Waals surface area contributed by atoms with E-state index in [2.05, 4.69) is 19.9 Å². The van der Waals surface area contributed by atoms with E-state index < -0.39 is 0 Å². The van der Waals surface area contributed by atoms with E-state index in [1.165, 1.54) is 18.4 Å². The van der Waals surface area contributed by atoms with Gasteiger partial charge in [0, 0.05) is 11.5 Å². The second-order valence-corrected chi connectivity index (χ2v) is 5.39. The minimum Gasteiger partial charge on any atom is -0.294 e. The minimum atomic E-state index is 0.270. The summed E-state index contributed by atoms with van der Waals surface area (Å²) in [5.74, 6) is 1.33. The molecule has 1 aromatic carbocycles. The Balaban J connectivity index is 2.07. The summed E-state index contributed by atoms with van der Waals surface area (Å²) in [6.45, 7) is 4.49. The first kappa shape index (κ1) is 12.3. The molecule has 1 heteroatoms. The fourth-order valence-electron chi connectivity index (χ4n) is 2.98. The average molecular weight is 230 g/mol. The van der Waals surface area contributed by atoms with Gasteiger partial charge in [0.1, 0.15) is 0 Å². The molecule has 0 saturated heterocycles. The Hall–Kier alpha value is -1.11. The molecule has 0 heterocycles. The van der Waals surface area contributed by atoms with E-state index in [0.717, 1.165) is 24.8 Å². The quantitative estimate of drug-likeness (QED) is 0.755. The molecule has 0 aromatic heterocycles. The molecule has 1 aliphatic rings. The first-order valence-corrected chi connectivity index (χ1v) is 6.84. The Bertz CT molecular complexity index is 394. The fraction of sp³-hybridized carbons (Fsp3) is 0.562. The first-order chi connectivity index (χ1) is 8.22. The molecule has 2 atom stereocenters. The Morgan fingerprint density at radius 3 is 2.88 bits per heavy atom. The number of benzene rings is 1. The van der Waals surface area contributed by atoms with Crippen LogP contribution in [0.25, 0.3) is 0 Å². The van der Waals surface area contributed by atoms with Gasteiger partial charge >= 0.3 is 0 Å². The number of ketones is 1. The molecule has 2 unspecified atom stereocenters. The van der Waals surface area contributed by atoms with Gasteiger partial charge in [-0.3, -0.25) is 4.79 Å². The molecular weight excluding hydrogens is 208 g/mol. The van der Waals surface area contributed by atoms with Crippen molar-refractivity contribution in [1.82, 2.24) is 0 Å². The van der Waals surface area contributed by atoms with Crippen molar-refractivity contribution in [3.8, 4) is 0 Å². The van der Waals surface area contributed by atoms with Gasteiger partial charge in [0.25, 0.3) is 0 Å². The summed E-state index contributed by atoms with van der Waals surface area (Å²) in [5.41, 5.74) is 2.23. The van der Waals surface area contributed by atoms with Crippen molar-refractivity contribution >= 4 is 5.78 Å². The van der Waals surface area contributed by atoms with Crippen LogP contribution in [0.3, 0.4) is 0 Å². The lowest BCUT2D eigenvalue weighted by Gasteiger charge is -2.25. The summed E-state index contributed by atoms with van der Waals surface area (Å²) in [6.07, 6.45) is 5.65. The number of fused-ring (bicyclic) bond motifs is 1. The van der Waals surface area contributed by atoms with Crippen molar-refractivity contribution in [2.45, 2.75) is 46.0 Å². The number of aryl methyl sites for hydroxylation is 1. The second-order valence-electron chi connectivity index (χ2n) is 5.39. The summed E-state index contributed by atoms with van der Waals surface area (Å²) in [6, 6.07) is 8.11. The van der Waals surface area contributed by atoms with E-state index in [4.69, 9.17) is 0 Å². The van der Waals surface area contributed by atoms with E-state index in [-0.39, 0.29) is 5.92 Å². The first-order valence-electron chi connectivity index (χ1n) is 6.84. The lowest BCUT2D eigenvalue weighted by atomic mass is 9.78. The average Bonchev–Trinajstić information content (AvgIpc) is 2.33. The van der Waals surface area contributed by atoms with E-state index in [1.54, 1.807) is 0 Å². The molecule has 0 N–H and O–H groups in total. The van der Waals surface area contributed by atoms with Crippen molar-refractivity contribution < 1.29 is 4.79 Å². The summed E-state index contributed by atoms with van der Waals surface area (Å²) in [4.78, 5) is 12.4. The van der Waals surface area contributed by atoms with Crippen molar-refractivity contribution in [1.29, 1.82) is 0 Å². The predicted octanol–water partition coefficient (Wildman–Crippen LogP) is 4.26. The standard InChI is InChI=1S/C16H22O/c1-3-6-12(2)11-14-10-9-13-7-4-5-8-15(13)16(14)17/h4-5,7-8,12,14H,3,6,9-11H2,1-2H3. The van der Waals surface area contributed by atoms with Crippen LogP contribution >= 0.6 is 0 Å². The van der Waals surface area contributed by atoms with Crippen molar-refractivity contribution in [2.24, 2.45) is 11.8 Å². The molecule has 0 bridgehead atoms. The van der Waals surface area contributed by atoms with Crippen LogP contribution in [0.4, 0.5) is 0 Å². The van der Waals surface area contributed by atoms with Gasteiger partial charge in [0.15, 0.2) is 5.78 Å². The molecule has 0 amide bonds. The monoisotopic (exact) mass is 230 g/mol. The van der Waals surface area contributed by atoms with Crippen molar-refractivity contribution in [3.63, 3.8) is 0 Å². The maximum Gasteiger partial charge on any atom is 0.166 e. The largest absolute Gasteiger partial charge is 0.294 e. The van der Waals surface area contributed by atoms with Crippen LogP contribution in [-0.4, -0.2) is 5.78 Å². The molecule has 0 spiro atoms. The Labute approximate surface area is 104 Å². The number of carbonyl (C=O) groups is 1. The minimum absolute atomic E-state index is 0.270. The number of carbonyl (C=O) groups excluding carboxylic acids is 1. The van der Waals surface area contributed by atoms with Crippen LogP contribution in [0.15, 0.2) is 24.3 Å². The van der Waals surface area contributed by atoms with Gasteiger partial charge in [-0.2, -0.15) is 0 Å². The summed E-state index contributed by atoms with van der Waals surface area (Å²) in [7, 11) is 0. The van der Waals surface area contributed by atoms with Crippen LogP contribution in [0.2, 0.25) is 0 Å². The van der Waals surface area contributed by atoms with Crippen LogP contribution in [0.5, 0.6) is 0 Å². The molecule has 0 aliphatic heterocycles. The molecular formula is C16H22O. The van der Waals surface area contributed by atoms with Crippen molar-refractivity contribution in [3.05, 3.63) is 35.4 Å². The smallest absolute Gasteiger partial charge is 0.166 e. The third-order valence-corrected chi connectivity index (χ3v) is 3.88. The van der Waals surface area contributed by atoms with E-state index in [1.807, 2.05) is 18.2 Å². The van der Waals surface area contributed by atoms with Gasteiger partial charge in [-0.1, -0.05) is 51.0 Å². The highest BCUT2D eigenvalue weighted by Crippen LogP contribution is 2.30. The number of rotatable bonds is 4. The summed E-state index contributed by atoms with van der Waals surface area (Å²) < 4.78 is 0. The second kappa shape index (κ2) is 5.48. The van der Waals surface area contributed by atoms with Gasteiger partial charge in [0.05, 0.1) is 0 Å². The topological polar surface area (TPSA) is 17.1 Å². The Kier molecular flexibility index (Phi) is 3.98. The molecule has 0 radical (unpaired) electrons. The molecule has 1 aromatic rings. The Morgan fingerprint density at radius 1 is 1.35 bits per heavy atom. The SMILES string of the molecule is CCCC(C)CC1CCc2ccccc2C1=O. The normalized spacial score (nSPS) is 21.1. The zero-order valence-corrected chi connectivity index (χ0v) is 10.9. The van der Waals surface area contributed by atoms with Gasteiger partial charge in [-0.25, -0.2) is 0 Å². The predicted molar refractivity (Wildman–Crippen MR) is 71.3 cm³/mol. The highest BCUT2D eigenvalue weighted by molar-refractivity contribution is 6.00. The molecule has 2 rings (SSSR count). The molecule has 0 saturated carbocycles. The summed E-state index contributed by atoms with van der Waals surface area (Å²) >= 11 is 0. The Morgan fingerprint density at radius 2 is 2.12 bits per heavy atom. The van der Waals surface area contributed by atoms with Gasteiger partial charge < -0.3 is 0 Å². The lowest BCUT2D eigenvalue weighted by molar-refractivity contribution is 0.0880. The molecule has 17 heavy (non-hydrogen) atoms. The van der Waals surface area contributed by atoms with Crippen LogP contribution in [0, 0.1) is 11.8 Å². The molecule has 92 valence electrons. The van der Waals surface area contributed by atoms with Crippen LogP contribution in [-0.2, 0) is 6.42 Å². The van der Waals surface area contributed by atoms with Crippen molar-refractivity contribution in [2.75, 3.05) is 0 Å². The number of hydrogen-bond acceptors (Lipinski definition) is 1. The van der Waals surface area contributed by atoms with E-state index in [9.17, 15) is 4.79 Å².